The number of halogens is 3. The maximum Gasteiger partial charge on any atom is 0.393 e. The summed E-state index contributed by atoms with van der Waals surface area (Å²) in [5.41, 5.74) is 5.16. The van der Waals surface area contributed by atoms with Crippen LogP contribution in [0, 0.1) is 5.92 Å². The topological polar surface area (TPSA) is 38.0 Å². The van der Waals surface area contributed by atoms with Gasteiger partial charge in [0.1, 0.15) is 0 Å². The van der Waals surface area contributed by atoms with E-state index in [0.29, 0.717) is 6.54 Å². The van der Waals surface area contributed by atoms with E-state index < -0.39 is 18.1 Å². The number of nitrogens with two attached hydrogens (primary N) is 1. The summed E-state index contributed by atoms with van der Waals surface area (Å²) in [5, 5.41) is 2.72. The van der Waals surface area contributed by atoms with Crippen LogP contribution in [-0.2, 0) is 0 Å². The van der Waals surface area contributed by atoms with Crippen molar-refractivity contribution in [1.29, 1.82) is 0 Å². The van der Waals surface area contributed by atoms with Gasteiger partial charge < -0.3 is 11.1 Å². The summed E-state index contributed by atoms with van der Waals surface area (Å²) < 4.78 is 36.3. The first-order chi connectivity index (χ1) is 5.05. The molecule has 5 heteroatoms. The summed E-state index contributed by atoms with van der Waals surface area (Å²) in [6, 6.07) is -0.574. The highest BCUT2D eigenvalue weighted by Crippen LogP contribution is 2.33. The van der Waals surface area contributed by atoms with Crippen molar-refractivity contribution in [2.45, 2.75) is 18.6 Å². The quantitative estimate of drug-likeness (QED) is 0.597. The van der Waals surface area contributed by atoms with Crippen molar-refractivity contribution in [3.63, 3.8) is 0 Å². The Bertz CT molecular complexity index is 134. The highest BCUT2D eigenvalue weighted by molar-refractivity contribution is 4.88. The number of alkyl halides is 3. The van der Waals surface area contributed by atoms with Crippen LogP contribution >= 0.6 is 0 Å². The number of rotatable bonds is 1. The molecule has 1 saturated heterocycles. The van der Waals surface area contributed by atoms with E-state index in [-0.39, 0.29) is 13.0 Å². The van der Waals surface area contributed by atoms with Gasteiger partial charge in [-0.2, -0.15) is 13.2 Å². The Labute approximate surface area is 62.9 Å². The van der Waals surface area contributed by atoms with Gasteiger partial charge in [-0.25, -0.2) is 0 Å². The summed E-state index contributed by atoms with van der Waals surface area (Å²) in [6.45, 7) is 0.482. The molecule has 2 unspecified atom stereocenters. The number of hydrogen-bond donors (Lipinski definition) is 2. The number of hydrogen-bond acceptors (Lipinski definition) is 2. The zero-order valence-corrected chi connectivity index (χ0v) is 5.99. The van der Waals surface area contributed by atoms with Crippen molar-refractivity contribution < 1.29 is 13.2 Å². The second kappa shape index (κ2) is 2.98. The third kappa shape index (κ3) is 1.84. The summed E-state index contributed by atoms with van der Waals surface area (Å²) in [7, 11) is 0. The molecule has 66 valence electrons. The Morgan fingerprint density at radius 3 is 2.45 bits per heavy atom. The molecule has 0 amide bonds. The zero-order chi connectivity index (χ0) is 8.48. The monoisotopic (exact) mass is 168 g/mol. The molecule has 1 rings (SSSR count). The fraction of sp³-hybridized carbons (Fsp3) is 1.00. The fourth-order valence-electron chi connectivity index (χ4n) is 1.41. The molecule has 0 aromatic heterocycles. The molecule has 0 radical (unpaired) electrons. The molecule has 0 aliphatic carbocycles. The molecule has 0 bridgehead atoms. The molecule has 1 aliphatic rings. The second-order valence-electron chi connectivity index (χ2n) is 2.73. The Hall–Kier alpha value is -0.290. The van der Waals surface area contributed by atoms with Crippen LogP contribution < -0.4 is 11.1 Å². The van der Waals surface area contributed by atoms with Gasteiger partial charge >= 0.3 is 6.18 Å². The van der Waals surface area contributed by atoms with E-state index in [9.17, 15) is 13.2 Å². The summed E-state index contributed by atoms with van der Waals surface area (Å²) >= 11 is 0. The minimum Gasteiger partial charge on any atom is -0.329 e. The van der Waals surface area contributed by atoms with Gasteiger partial charge in [-0.3, -0.25) is 0 Å². The van der Waals surface area contributed by atoms with Crippen LogP contribution in [0.2, 0.25) is 0 Å². The van der Waals surface area contributed by atoms with Crippen molar-refractivity contribution in [2.24, 2.45) is 11.7 Å². The van der Waals surface area contributed by atoms with Crippen molar-refractivity contribution in [3.8, 4) is 0 Å². The molecule has 0 aromatic rings. The van der Waals surface area contributed by atoms with E-state index in [1.165, 1.54) is 0 Å². The molecule has 0 spiro atoms. The third-order valence-electron chi connectivity index (χ3n) is 2.02. The first-order valence-corrected chi connectivity index (χ1v) is 3.56. The highest BCUT2D eigenvalue weighted by atomic mass is 19.4. The van der Waals surface area contributed by atoms with E-state index in [1.807, 2.05) is 0 Å². The first kappa shape index (κ1) is 8.80. The molecular formula is C6H11F3N2. The van der Waals surface area contributed by atoms with Crippen molar-refractivity contribution in [1.82, 2.24) is 5.32 Å². The van der Waals surface area contributed by atoms with Gasteiger partial charge in [-0.05, 0) is 13.0 Å². The van der Waals surface area contributed by atoms with Gasteiger partial charge in [-0.1, -0.05) is 0 Å². The summed E-state index contributed by atoms with van der Waals surface area (Å²) in [5.74, 6) is -1.24. The van der Waals surface area contributed by atoms with Crippen LogP contribution in [0.4, 0.5) is 13.2 Å². The van der Waals surface area contributed by atoms with Gasteiger partial charge in [0.2, 0.25) is 0 Å². The standard InChI is InChI=1S/C6H11F3N2/c7-6(8,9)4-1-2-11-5(4)3-10/h4-5,11H,1-3,10H2. The van der Waals surface area contributed by atoms with Crippen molar-refractivity contribution in [3.05, 3.63) is 0 Å². The summed E-state index contributed by atoms with van der Waals surface area (Å²) in [4.78, 5) is 0. The number of nitrogens with one attached hydrogen (secondary N) is 1. The Morgan fingerprint density at radius 2 is 2.09 bits per heavy atom. The zero-order valence-electron chi connectivity index (χ0n) is 5.99. The van der Waals surface area contributed by atoms with Gasteiger partial charge in [0.05, 0.1) is 5.92 Å². The van der Waals surface area contributed by atoms with Crippen LogP contribution in [0.3, 0.4) is 0 Å². The molecule has 1 aliphatic heterocycles. The van der Waals surface area contributed by atoms with Crippen LogP contribution in [0.25, 0.3) is 0 Å². The molecular weight excluding hydrogens is 157 g/mol. The van der Waals surface area contributed by atoms with Gasteiger partial charge in [0.15, 0.2) is 0 Å². The van der Waals surface area contributed by atoms with E-state index in [2.05, 4.69) is 5.32 Å². The first-order valence-electron chi connectivity index (χ1n) is 3.56. The lowest BCUT2D eigenvalue weighted by molar-refractivity contribution is -0.175. The maximum absolute atomic E-state index is 12.1. The van der Waals surface area contributed by atoms with E-state index in [4.69, 9.17) is 5.73 Å². The maximum atomic E-state index is 12.1. The second-order valence-corrected chi connectivity index (χ2v) is 2.73. The van der Waals surface area contributed by atoms with Crippen LogP contribution in [0.5, 0.6) is 0 Å². The molecule has 11 heavy (non-hydrogen) atoms. The van der Waals surface area contributed by atoms with Gasteiger partial charge in [0, 0.05) is 12.6 Å². The summed E-state index contributed by atoms with van der Waals surface area (Å²) in [6.07, 6.45) is -3.93. The average molecular weight is 168 g/mol. The molecule has 0 aromatic carbocycles. The van der Waals surface area contributed by atoms with E-state index >= 15 is 0 Å². The largest absolute Gasteiger partial charge is 0.393 e. The van der Waals surface area contributed by atoms with Crippen molar-refractivity contribution in [2.75, 3.05) is 13.1 Å². The van der Waals surface area contributed by atoms with Crippen LogP contribution in [0.1, 0.15) is 6.42 Å². The SMILES string of the molecule is NCC1NCCC1C(F)(F)F. The third-order valence-corrected chi connectivity index (χ3v) is 2.02. The average Bonchev–Trinajstić information content (AvgIpc) is 2.31. The smallest absolute Gasteiger partial charge is 0.329 e. The Morgan fingerprint density at radius 1 is 1.45 bits per heavy atom. The minimum atomic E-state index is -4.09. The predicted molar refractivity (Wildman–Crippen MR) is 35.0 cm³/mol. The van der Waals surface area contributed by atoms with E-state index in [0.717, 1.165) is 0 Å². The van der Waals surface area contributed by atoms with Gasteiger partial charge in [0.25, 0.3) is 0 Å². The molecule has 3 N–H and O–H groups in total. The van der Waals surface area contributed by atoms with Crippen LogP contribution in [-0.4, -0.2) is 25.3 Å². The molecule has 1 heterocycles. The highest BCUT2D eigenvalue weighted by Gasteiger charge is 2.46. The fourth-order valence-corrected chi connectivity index (χ4v) is 1.41. The molecule has 2 atom stereocenters. The Balaban J connectivity index is 2.57. The van der Waals surface area contributed by atoms with Crippen molar-refractivity contribution >= 4 is 0 Å². The predicted octanol–water partition coefficient (Wildman–Crippen LogP) is 0.485. The molecule has 1 fully saturated rings. The lowest BCUT2D eigenvalue weighted by Gasteiger charge is -2.20. The minimum absolute atomic E-state index is 0.0597. The van der Waals surface area contributed by atoms with Crippen LogP contribution in [0.15, 0.2) is 0 Å². The van der Waals surface area contributed by atoms with E-state index in [1.54, 1.807) is 0 Å². The Kier molecular flexibility index (Phi) is 2.39. The lowest BCUT2D eigenvalue weighted by Crippen LogP contribution is -2.40. The molecule has 0 saturated carbocycles. The van der Waals surface area contributed by atoms with Gasteiger partial charge in [-0.15, -0.1) is 0 Å². The lowest BCUT2D eigenvalue weighted by atomic mass is 10.0. The molecule has 2 nitrogen and oxygen atoms in total. The normalized spacial score (nSPS) is 32.7.